The monoisotopic (exact) mass is 636 g/mol. The summed E-state index contributed by atoms with van der Waals surface area (Å²) < 4.78 is 32.0. The molecule has 1 amide bonds. The van der Waals surface area contributed by atoms with Crippen LogP contribution in [0.3, 0.4) is 0 Å². The third-order valence-electron chi connectivity index (χ3n) is 9.41. The number of imidazole rings is 2. The Kier molecular flexibility index (Phi) is 7.14. The van der Waals surface area contributed by atoms with E-state index >= 15 is 0 Å². The maximum absolute atomic E-state index is 14.8. The van der Waals surface area contributed by atoms with Gasteiger partial charge in [-0.1, -0.05) is 18.2 Å². The molecule has 12 nitrogen and oxygen atoms in total. The number of hydrogen-bond donors (Lipinski definition) is 1. The van der Waals surface area contributed by atoms with E-state index in [4.69, 9.17) is 0 Å². The lowest BCUT2D eigenvalue weighted by Gasteiger charge is -2.28. The molecule has 0 bridgehead atoms. The zero-order valence-corrected chi connectivity index (χ0v) is 26.1. The number of aromatic nitrogens is 4. The number of ketones is 1. The molecule has 2 saturated heterocycles. The molecule has 2 aromatic heterocycles. The molecule has 0 spiro atoms. The van der Waals surface area contributed by atoms with Gasteiger partial charge < -0.3 is 14.5 Å². The van der Waals surface area contributed by atoms with Crippen LogP contribution in [0, 0.1) is 23.2 Å². The minimum atomic E-state index is -3.67. The average molecular weight is 637 g/mol. The van der Waals surface area contributed by atoms with E-state index in [1.54, 1.807) is 84.5 Å². The summed E-state index contributed by atoms with van der Waals surface area (Å²) in [5.41, 5.74) is 1.32. The molecule has 3 atom stereocenters. The van der Waals surface area contributed by atoms with E-state index in [2.05, 4.69) is 21.4 Å². The lowest BCUT2D eigenvalue weighted by molar-refractivity contribution is -0.132. The number of nitrogens with zero attached hydrogens (tertiary/aromatic N) is 7. The molecule has 0 unspecified atom stereocenters. The number of hydrogen-bond acceptors (Lipinski definition) is 8. The van der Waals surface area contributed by atoms with Gasteiger partial charge in [0.2, 0.25) is 10.0 Å². The second-order valence-electron chi connectivity index (χ2n) is 12.3. The number of nitrogens with one attached hydrogen (secondary N) is 1. The second kappa shape index (κ2) is 11.1. The van der Waals surface area contributed by atoms with Gasteiger partial charge in [0.05, 0.1) is 29.2 Å². The fourth-order valence-corrected chi connectivity index (χ4v) is 8.36. The van der Waals surface area contributed by atoms with Crippen LogP contribution in [0.1, 0.15) is 27.3 Å². The first-order chi connectivity index (χ1) is 22.1. The van der Waals surface area contributed by atoms with Crippen molar-refractivity contribution in [3.63, 3.8) is 0 Å². The smallest absolute Gasteiger partial charge is 0.254 e. The standard InChI is InChI=1S/C33H32N8O4S/c1-38-20-35-16-24(38)13-33(14-25-17-36-21-39(25)2)32(43)41(30(37-33)12-29(42)23-10-8-22(15-34)9-11-23)31-27-18-40(19-28(27)31)46(44,45)26-6-4-3-5-7-26/h3-12,16-17,20-21,27-28,31,37H,13-14,18-19H2,1-2H3/b30-12+/t27-,28+,31+. The van der Waals surface area contributed by atoms with Gasteiger partial charge in [-0.25, -0.2) is 18.4 Å². The van der Waals surface area contributed by atoms with Gasteiger partial charge in [-0.05, 0) is 36.4 Å². The van der Waals surface area contributed by atoms with Crippen LogP contribution < -0.4 is 5.32 Å². The SMILES string of the molecule is Cn1cncc1CC1(Cc2cncn2C)N/C(=C\C(=O)c2ccc(C#N)cc2)N([C@H]2[C@@H]3CN(S(=O)(=O)c4ccccc4)C[C@@H]32)C1=O. The van der Waals surface area contributed by atoms with Crippen LogP contribution in [0.15, 0.2) is 96.4 Å². The summed E-state index contributed by atoms with van der Waals surface area (Å²) in [5, 5.41) is 12.7. The van der Waals surface area contributed by atoms with E-state index in [1.807, 2.05) is 23.2 Å². The highest BCUT2D eigenvalue weighted by Gasteiger charge is 2.65. The van der Waals surface area contributed by atoms with Gasteiger partial charge in [0, 0.05) is 93.3 Å². The number of allylic oxidation sites excluding steroid dienone is 1. The van der Waals surface area contributed by atoms with Gasteiger partial charge in [0.1, 0.15) is 11.4 Å². The van der Waals surface area contributed by atoms with Crippen LogP contribution in [0.4, 0.5) is 0 Å². The van der Waals surface area contributed by atoms with Crippen molar-refractivity contribution in [3.05, 3.63) is 114 Å². The third kappa shape index (κ3) is 4.99. The third-order valence-corrected chi connectivity index (χ3v) is 11.3. The molecule has 1 saturated carbocycles. The van der Waals surface area contributed by atoms with Crippen LogP contribution >= 0.6 is 0 Å². The first-order valence-corrected chi connectivity index (χ1v) is 16.4. The molecule has 0 radical (unpaired) electrons. The van der Waals surface area contributed by atoms with Crippen molar-refractivity contribution in [2.24, 2.45) is 25.9 Å². The molecule has 234 valence electrons. The number of carbonyl (C=O) groups is 2. The minimum absolute atomic E-state index is 0.0816. The Balaban J connectivity index is 1.25. The normalized spacial score (nSPS) is 22.9. The average Bonchev–Trinajstić information content (AvgIpc) is 3.52. The number of amides is 1. The van der Waals surface area contributed by atoms with E-state index in [1.165, 1.54) is 10.4 Å². The number of sulfonamides is 1. The van der Waals surface area contributed by atoms with E-state index < -0.39 is 15.6 Å². The van der Waals surface area contributed by atoms with Crippen LogP contribution in [0.2, 0.25) is 0 Å². The number of nitriles is 1. The lowest BCUT2D eigenvalue weighted by atomic mass is 9.88. The number of aryl methyl sites for hydroxylation is 2. The highest BCUT2D eigenvalue weighted by Crippen LogP contribution is 2.53. The fraction of sp³-hybridized carbons (Fsp3) is 0.303. The fourth-order valence-electron chi connectivity index (χ4n) is 6.82. The first kappa shape index (κ1) is 29.6. The van der Waals surface area contributed by atoms with Crippen LogP contribution in [-0.4, -0.2) is 73.1 Å². The highest BCUT2D eigenvalue weighted by atomic mass is 32.2. The van der Waals surface area contributed by atoms with Crippen molar-refractivity contribution in [2.45, 2.75) is 29.3 Å². The van der Waals surface area contributed by atoms with Gasteiger partial charge in [-0.15, -0.1) is 0 Å². The van der Waals surface area contributed by atoms with Gasteiger partial charge in [-0.3, -0.25) is 14.5 Å². The number of carbonyl (C=O) groups excluding carboxylic acids is 2. The number of rotatable bonds is 9. The molecule has 3 aliphatic rings. The van der Waals surface area contributed by atoms with Crippen molar-refractivity contribution >= 4 is 21.7 Å². The van der Waals surface area contributed by atoms with Crippen molar-refractivity contribution < 1.29 is 18.0 Å². The van der Waals surface area contributed by atoms with Crippen molar-refractivity contribution in [2.75, 3.05) is 13.1 Å². The van der Waals surface area contributed by atoms with Gasteiger partial charge in [0.15, 0.2) is 5.78 Å². The summed E-state index contributed by atoms with van der Waals surface area (Å²) >= 11 is 0. The number of fused-ring (bicyclic) bond motifs is 1. The summed E-state index contributed by atoms with van der Waals surface area (Å²) in [6.07, 6.45) is 8.86. The molecular formula is C33H32N8O4S. The zero-order chi connectivity index (χ0) is 32.2. The summed E-state index contributed by atoms with van der Waals surface area (Å²) in [6, 6.07) is 16.5. The van der Waals surface area contributed by atoms with E-state index in [0.29, 0.717) is 29.8 Å². The molecule has 1 aliphatic carbocycles. The van der Waals surface area contributed by atoms with Crippen molar-refractivity contribution in [1.82, 2.24) is 33.6 Å². The Hall–Kier alpha value is -5.06. The molecule has 2 aliphatic heterocycles. The van der Waals surface area contributed by atoms with Gasteiger partial charge in [-0.2, -0.15) is 9.57 Å². The molecule has 1 N–H and O–H groups in total. The van der Waals surface area contributed by atoms with Crippen molar-refractivity contribution in [1.29, 1.82) is 5.26 Å². The molecule has 4 heterocycles. The number of benzene rings is 2. The largest absolute Gasteiger partial charge is 0.356 e. The Morgan fingerprint density at radius 1 is 0.978 bits per heavy atom. The molecule has 7 rings (SSSR count). The second-order valence-corrected chi connectivity index (χ2v) is 14.2. The quantitative estimate of drug-likeness (QED) is 0.217. The Labute approximate surface area is 266 Å². The molecule has 3 fully saturated rings. The molecule has 13 heteroatoms. The summed E-state index contributed by atoms with van der Waals surface area (Å²) in [6.45, 7) is 0.563. The Bertz CT molecular complexity index is 1950. The Morgan fingerprint density at radius 2 is 1.57 bits per heavy atom. The molecular weight excluding hydrogens is 604 g/mol. The highest BCUT2D eigenvalue weighted by molar-refractivity contribution is 7.89. The first-order valence-electron chi connectivity index (χ1n) is 14.9. The number of piperidine rings is 1. The summed E-state index contributed by atoms with van der Waals surface area (Å²) in [7, 11) is 0.0674. The van der Waals surface area contributed by atoms with Crippen molar-refractivity contribution in [3.8, 4) is 6.07 Å². The summed E-state index contributed by atoms with van der Waals surface area (Å²) in [4.78, 5) is 38.9. The molecule has 4 aromatic rings. The predicted molar refractivity (Wildman–Crippen MR) is 166 cm³/mol. The van der Waals surface area contributed by atoms with Crippen LogP contribution in [0.25, 0.3) is 0 Å². The Morgan fingerprint density at radius 3 is 2.09 bits per heavy atom. The molecule has 2 aromatic carbocycles. The minimum Gasteiger partial charge on any atom is -0.356 e. The van der Waals surface area contributed by atoms with Crippen LogP contribution in [-0.2, 0) is 41.8 Å². The zero-order valence-electron chi connectivity index (χ0n) is 25.3. The van der Waals surface area contributed by atoms with E-state index in [-0.39, 0.29) is 47.6 Å². The summed E-state index contributed by atoms with van der Waals surface area (Å²) in [5.74, 6) is -0.296. The van der Waals surface area contributed by atoms with E-state index in [0.717, 1.165) is 11.4 Å². The maximum atomic E-state index is 14.8. The van der Waals surface area contributed by atoms with Gasteiger partial charge >= 0.3 is 0 Å². The maximum Gasteiger partial charge on any atom is 0.254 e. The molecule has 46 heavy (non-hydrogen) atoms. The lowest BCUT2D eigenvalue weighted by Crippen LogP contribution is -2.51. The predicted octanol–water partition coefficient (Wildman–Crippen LogP) is 2.02. The van der Waals surface area contributed by atoms with Gasteiger partial charge in [0.25, 0.3) is 5.91 Å². The topological polar surface area (TPSA) is 146 Å². The van der Waals surface area contributed by atoms with E-state index in [9.17, 15) is 23.3 Å². The van der Waals surface area contributed by atoms with Crippen LogP contribution in [0.5, 0.6) is 0 Å².